The Balaban J connectivity index is 2.09. The minimum Gasteiger partial charge on any atom is -0.323 e. The summed E-state index contributed by atoms with van der Waals surface area (Å²) in [6.45, 7) is 5.18. The highest BCUT2D eigenvalue weighted by Crippen LogP contribution is 2.23. The number of aromatic nitrogens is 2. The fraction of sp³-hybridized carbons (Fsp3) is 0.235. The van der Waals surface area contributed by atoms with Gasteiger partial charge in [0.15, 0.2) is 0 Å². The lowest BCUT2D eigenvalue weighted by Crippen LogP contribution is -2.06. The smallest absolute Gasteiger partial charge is 0.112 e. The molecule has 0 N–H and O–H groups in total. The van der Waals surface area contributed by atoms with Crippen molar-refractivity contribution in [2.75, 3.05) is 0 Å². The molecule has 0 radical (unpaired) electrons. The van der Waals surface area contributed by atoms with Gasteiger partial charge in [0.25, 0.3) is 0 Å². The summed E-state index contributed by atoms with van der Waals surface area (Å²) in [4.78, 5) is 4.76. The van der Waals surface area contributed by atoms with E-state index in [4.69, 9.17) is 16.6 Å². The van der Waals surface area contributed by atoms with Gasteiger partial charge in [-0.25, -0.2) is 4.98 Å². The predicted molar refractivity (Wildman–Crippen MR) is 84.4 cm³/mol. The van der Waals surface area contributed by atoms with E-state index in [1.807, 2.05) is 18.2 Å². The molecule has 0 spiro atoms. The molecule has 0 aliphatic rings. The number of benzene rings is 2. The molecule has 0 bridgehead atoms. The highest BCUT2D eigenvalue weighted by Gasteiger charge is 2.13. The summed E-state index contributed by atoms with van der Waals surface area (Å²) in [6.07, 6.45) is 0. The number of imidazole rings is 1. The van der Waals surface area contributed by atoms with Crippen LogP contribution in [0.25, 0.3) is 11.0 Å². The van der Waals surface area contributed by atoms with E-state index >= 15 is 0 Å². The zero-order valence-corrected chi connectivity index (χ0v) is 12.4. The van der Waals surface area contributed by atoms with Crippen molar-refractivity contribution in [2.45, 2.75) is 26.3 Å². The van der Waals surface area contributed by atoms with Crippen LogP contribution in [0.3, 0.4) is 0 Å². The molecule has 0 fully saturated rings. The largest absolute Gasteiger partial charge is 0.323 e. The van der Waals surface area contributed by atoms with Crippen molar-refractivity contribution in [2.24, 2.45) is 0 Å². The first kappa shape index (κ1) is 13.2. The number of halogens is 1. The molecule has 3 heteroatoms. The lowest BCUT2D eigenvalue weighted by atomic mass is 10.2. The van der Waals surface area contributed by atoms with E-state index < -0.39 is 0 Å². The fourth-order valence-electron chi connectivity index (χ4n) is 2.47. The molecule has 2 aromatic carbocycles. The van der Waals surface area contributed by atoms with Crippen LogP contribution >= 0.6 is 11.6 Å². The summed E-state index contributed by atoms with van der Waals surface area (Å²) in [6, 6.07) is 16.3. The number of para-hydroxylation sites is 2. The zero-order chi connectivity index (χ0) is 14.1. The summed E-state index contributed by atoms with van der Waals surface area (Å²) in [5.74, 6) is 1.52. The Morgan fingerprint density at radius 1 is 1.05 bits per heavy atom. The van der Waals surface area contributed by atoms with Gasteiger partial charge >= 0.3 is 0 Å². The molecule has 0 atom stereocenters. The van der Waals surface area contributed by atoms with Crippen molar-refractivity contribution in [3.8, 4) is 0 Å². The molecule has 0 amide bonds. The number of nitrogens with zero attached hydrogens (tertiary/aromatic N) is 2. The molecule has 0 saturated carbocycles. The number of fused-ring (bicyclic) bond motifs is 1. The average molecular weight is 285 g/mol. The molecule has 1 heterocycles. The summed E-state index contributed by atoms with van der Waals surface area (Å²) < 4.78 is 2.29. The normalized spacial score (nSPS) is 11.4. The maximum atomic E-state index is 5.95. The molecule has 0 aliphatic carbocycles. The second-order valence-corrected chi connectivity index (χ2v) is 5.76. The van der Waals surface area contributed by atoms with Crippen molar-refractivity contribution in [1.82, 2.24) is 9.55 Å². The minimum atomic E-state index is 0.398. The lowest BCUT2D eigenvalue weighted by Gasteiger charge is -2.11. The Morgan fingerprint density at radius 3 is 2.45 bits per heavy atom. The van der Waals surface area contributed by atoms with Gasteiger partial charge < -0.3 is 4.57 Å². The first-order chi connectivity index (χ1) is 9.65. The van der Waals surface area contributed by atoms with Crippen LogP contribution in [-0.4, -0.2) is 9.55 Å². The second-order valence-electron chi connectivity index (χ2n) is 5.33. The molecule has 2 nitrogen and oxygen atoms in total. The number of hydrogen-bond donors (Lipinski definition) is 0. The Bertz CT molecular complexity index is 726. The molecule has 0 saturated heterocycles. The molecule has 102 valence electrons. The Morgan fingerprint density at radius 2 is 1.75 bits per heavy atom. The summed E-state index contributed by atoms with van der Waals surface area (Å²) in [5.41, 5.74) is 3.48. The quantitative estimate of drug-likeness (QED) is 0.671. The standard InChI is InChI=1S/C17H17ClN2/c1-12(2)17-19-15-5-3-4-6-16(15)20(17)11-13-7-9-14(18)10-8-13/h3-10,12H,11H2,1-2H3. The SMILES string of the molecule is CC(C)c1nc2ccccc2n1Cc1ccc(Cl)cc1. The van der Waals surface area contributed by atoms with Crippen LogP contribution in [0, 0.1) is 0 Å². The van der Waals surface area contributed by atoms with Gasteiger partial charge in [-0.3, -0.25) is 0 Å². The molecule has 20 heavy (non-hydrogen) atoms. The first-order valence-corrected chi connectivity index (χ1v) is 7.22. The summed E-state index contributed by atoms with van der Waals surface area (Å²) in [7, 11) is 0. The second kappa shape index (κ2) is 5.29. The third-order valence-electron chi connectivity index (χ3n) is 3.45. The summed E-state index contributed by atoms with van der Waals surface area (Å²) in [5, 5.41) is 0.772. The van der Waals surface area contributed by atoms with Gasteiger partial charge in [-0.05, 0) is 29.8 Å². The van der Waals surface area contributed by atoms with Crippen LogP contribution in [0.1, 0.15) is 31.2 Å². The molecule has 3 rings (SSSR count). The van der Waals surface area contributed by atoms with Crippen LogP contribution in [0.5, 0.6) is 0 Å². The van der Waals surface area contributed by atoms with E-state index in [-0.39, 0.29) is 0 Å². The van der Waals surface area contributed by atoms with E-state index in [2.05, 4.69) is 48.7 Å². The van der Waals surface area contributed by atoms with E-state index in [9.17, 15) is 0 Å². The maximum Gasteiger partial charge on any atom is 0.112 e. The van der Waals surface area contributed by atoms with Crippen LogP contribution in [-0.2, 0) is 6.54 Å². The third-order valence-corrected chi connectivity index (χ3v) is 3.71. The van der Waals surface area contributed by atoms with Gasteiger partial charge in [0, 0.05) is 17.5 Å². The van der Waals surface area contributed by atoms with E-state index in [0.717, 1.165) is 22.9 Å². The fourth-order valence-corrected chi connectivity index (χ4v) is 2.60. The maximum absolute atomic E-state index is 5.95. The zero-order valence-electron chi connectivity index (χ0n) is 11.7. The molecular formula is C17H17ClN2. The average Bonchev–Trinajstić information content (AvgIpc) is 2.81. The number of rotatable bonds is 3. The van der Waals surface area contributed by atoms with E-state index in [1.165, 1.54) is 11.1 Å². The van der Waals surface area contributed by atoms with Crippen LogP contribution < -0.4 is 0 Å². The lowest BCUT2D eigenvalue weighted by molar-refractivity contribution is 0.683. The van der Waals surface area contributed by atoms with E-state index in [1.54, 1.807) is 0 Å². The third kappa shape index (κ3) is 2.44. The van der Waals surface area contributed by atoms with Gasteiger partial charge in [-0.1, -0.05) is 49.7 Å². The Kier molecular flexibility index (Phi) is 3.49. The van der Waals surface area contributed by atoms with E-state index in [0.29, 0.717) is 5.92 Å². The molecule has 0 unspecified atom stereocenters. The van der Waals surface area contributed by atoms with Crippen molar-refractivity contribution in [3.63, 3.8) is 0 Å². The van der Waals surface area contributed by atoms with Gasteiger partial charge in [0.1, 0.15) is 5.82 Å². The van der Waals surface area contributed by atoms with Gasteiger partial charge in [0.05, 0.1) is 11.0 Å². The van der Waals surface area contributed by atoms with Crippen LogP contribution in [0.4, 0.5) is 0 Å². The summed E-state index contributed by atoms with van der Waals surface area (Å²) >= 11 is 5.95. The predicted octanol–water partition coefficient (Wildman–Crippen LogP) is 4.86. The van der Waals surface area contributed by atoms with Gasteiger partial charge in [-0.15, -0.1) is 0 Å². The van der Waals surface area contributed by atoms with Crippen LogP contribution in [0.2, 0.25) is 5.02 Å². The highest BCUT2D eigenvalue weighted by molar-refractivity contribution is 6.30. The van der Waals surface area contributed by atoms with Crippen molar-refractivity contribution in [3.05, 3.63) is 64.9 Å². The Hall–Kier alpha value is -1.80. The topological polar surface area (TPSA) is 17.8 Å². The van der Waals surface area contributed by atoms with Crippen molar-refractivity contribution in [1.29, 1.82) is 0 Å². The highest BCUT2D eigenvalue weighted by atomic mass is 35.5. The van der Waals surface area contributed by atoms with Gasteiger partial charge in [-0.2, -0.15) is 0 Å². The molecule has 0 aliphatic heterocycles. The molecule has 3 aromatic rings. The molecular weight excluding hydrogens is 268 g/mol. The first-order valence-electron chi connectivity index (χ1n) is 6.85. The van der Waals surface area contributed by atoms with Crippen LogP contribution in [0.15, 0.2) is 48.5 Å². The number of hydrogen-bond acceptors (Lipinski definition) is 1. The van der Waals surface area contributed by atoms with Crippen molar-refractivity contribution < 1.29 is 0 Å². The molecule has 1 aromatic heterocycles. The van der Waals surface area contributed by atoms with Crippen molar-refractivity contribution >= 4 is 22.6 Å². The minimum absolute atomic E-state index is 0.398. The monoisotopic (exact) mass is 284 g/mol. The Labute approximate surface area is 124 Å². The van der Waals surface area contributed by atoms with Gasteiger partial charge in [0.2, 0.25) is 0 Å².